The zero-order chi connectivity index (χ0) is 8.97. The highest BCUT2D eigenvalue weighted by Gasteiger charge is 2.05. The second-order valence-corrected chi connectivity index (χ2v) is 3.44. The number of aromatic nitrogens is 1. The van der Waals surface area contributed by atoms with E-state index in [1.165, 1.54) is 0 Å². The standard InChI is InChI=1S/C8H10BrFN2/c9-7-3-6(4-12-5-7)8(11)1-2-10/h3-5,8H,1-2,11H2/t8-/m0/s1. The topological polar surface area (TPSA) is 38.9 Å². The predicted octanol–water partition coefficient (Wildman–Crippen LogP) is 2.20. The molecule has 0 unspecified atom stereocenters. The quantitative estimate of drug-likeness (QED) is 0.869. The Labute approximate surface area is 79.1 Å². The molecule has 2 nitrogen and oxygen atoms in total. The summed E-state index contributed by atoms with van der Waals surface area (Å²) in [4.78, 5) is 3.94. The smallest absolute Gasteiger partial charge is 0.0912 e. The fourth-order valence-corrected chi connectivity index (χ4v) is 1.30. The number of halogens is 2. The van der Waals surface area contributed by atoms with E-state index in [1.54, 1.807) is 12.4 Å². The molecule has 1 aromatic rings. The summed E-state index contributed by atoms with van der Waals surface area (Å²) in [6.07, 6.45) is 3.68. The third-order valence-electron chi connectivity index (χ3n) is 1.57. The molecular formula is C8H10BrFN2. The number of hydrogen-bond acceptors (Lipinski definition) is 2. The van der Waals surface area contributed by atoms with Crippen LogP contribution < -0.4 is 5.73 Å². The van der Waals surface area contributed by atoms with Gasteiger partial charge >= 0.3 is 0 Å². The molecule has 0 saturated heterocycles. The normalized spacial score (nSPS) is 12.9. The lowest BCUT2D eigenvalue weighted by atomic mass is 10.1. The largest absolute Gasteiger partial charge is 0.324 e. The molecule has 0 radical (unpaired) electrons. The Balaban J connectivity index is 2.73. The molecule has 0 aliphatic heterocycles. The van der Waals surface area contributed by atoms with Crippen molar-refractivity contribution in [3.63, 3.8) is 0 Å². The second kappa shape index (κ2) is 4.52. The highest BCUT2D eigenvalue weighted by molar-refractivity contribution is 9.10. The molecule has 0 aliphatic carbocycles. The second-order valence-electron chi connectivity index (χ2n) is 2.52. The van der Waals surface area contributed by atoms with Crippen molar-refractivity contribution >= 4 is 15.9 Å². The van der Waals surface area contributed by atoms with Gasteiger partial charge in [0.1, 0.15) is 0 Å². The van der Waals surface area contributed by atoms with Gasteiger partial charge in [-0.15, -0.1) is 0 Å². The molecule has 0 aromatic carbocycles. The predicted molar refractivity (Wildman–Crippen MR) is 49.5 cm³/mol. The molecule has 4 heteroatoms. The minimum Gasteiger partial charge on any atom is -0.324 e. The van der Waals surface area contributed by atoms with Gasteiger partial charge in [-0.2, -0.15) is 0 Å². The summed E-state index contributed by atoms with van der Waals surface area (Å²) in [5.74, 6) is 0. The van der Waals surface area contributed by atoms with Gasteiger partial charge in [-0.25, -0.2) is 0 Å². The van der Waals surface area contributed by atoms with Crippen molar-refractivity contribution in [2.45, 2.75) is 12.5 Å². The molecular weight excluding hydrogens is 223 g/mol. The number of nitrogens with zero attached hydrogens (tertiary/aromatic N) is 1. The van der Waals surface area contributed by atoms with E-state index in [0.717, 1.165) is 10.0 Å². The molecule has 2 N–H and O–H groups in total. The van der Waals surface area contributed by atoms with E-state index in [-0.39, 0.29) is 6.04 Å². The van der Waals surface area contributed by atoms with E-state index in [0.29, 0.717) is 6.42 Å². The molecule has 12 heavy (non-hydrogen) atoms. The maximum atomic E-state index is 11.9. The summed E-state index contributed by atoms with van der Waals surface area (Å²) in [5, 5.41) is 0. The number of nitrogens with two attached hydrogens (primary N) is 1. The number of alkyl halides is 1. The Bertz CT molecular complexity index is 255. The Kier molecular flexibility index (Phi) is 3.62. The van der Waals surface area contributed by atoms with Crippen LogP contribution in [0.25, 0.3) is 0 Å². The number of rotatable bonds is 3. The van der Waals surface area contributed by atoms with Gasteiger partial charge in [0.05, 0.1) is 6.67 Å². The van der Waals surface area contributed by atoms with Crippen LogP contribution in [0.2, 0.25) is 0 Å². The SMILES string of the molecule is N[C@@H](CCF)c1cncc(Br)c1. The zero-order valence-electron chi connectivity index (χ0n) is 6.50. The number of pyridine rings is 1. The van der Waals surface area contributed by atoms with Crippen LogP contribution in [0.15, 0.2) is 22.9 Å². The first-order valence-corrected chi connectivity index (χ1v) is 4.45. The fraction of sp³-hybridized carbons (Fsp3) is 0.375. The lowest BCUT2D eigenvalue weighted by molar-refractivity contribution is 0.441. The Morgan fingerprint density at radius 3 is 2.92 bits per heavy atom. The van der Waals surface area contributed by atoms with Crippen LogP contribution >= 0.6 is 15.9 Å². The Morgan fingerprint density at radius 2 is 2.33 bits per heavy atom. The van der Waals surface area contributed by atoms with Crippen molar-refractivity contribution in [3.8, 4) is 0 Å². The summed E-state index contributed by atoms with van der Waals surface area (Å²) in [6, 6.07) is 1.60. The maximum absolute atomic E-state index is 11.9. The average Bonchev–Trinajstić information content (AvgIpc) is 2.05. The molecule has 0 saturated carbocycles. The van der Waals surface area contributed by atoms with Crippen molar-refractivity contribution in [1.29, 1.82) is 0 Å². The molecule has 0 bridgehead atoms. The van der Waals surface area contributed by atoms with Gasteiger partial charge in [-0.3, -0.25) is 9.37 Å². The van der Waals surface area contributed by atoms with Crippen molar-refractivity contribution in [2.24, 2.45) is 5.73 Å². The summed E-state index contributed by atoms with van der Waals surface area (Å²) >= 11 is 3.27. The Morgan fingerprint density at radius 1 is 1.58 bits per heavy atom. The van der Waals surface area contributed by atoms with Crippen molar-refractivity contribution in [2.75, 3.05) is 6.67 Å². The summed E-state index contributed by atoms with van der Waals surface area (Å²) in [6.45, 7) is -0.395. The van der Waals surface area contributed by atoms with Gasteiger partial charge in [-0.05, 0) is 34.0 Å². The highest BCUT2D eigenvalue weighted by atomic mass is 79.9. The van der Waals surface area contributed by atoms with Gasteiger partial charge < -0.3 is 5.73 Å². The summed E-state index contributed by atoms with van der Waals surface area (Å²) < 4.78 is 12.8. The van der Waals surface area contributed by atoms with Crippen LogP contribution in [0.3, 0.4) is 0 Å². The molecule has 1 aromatic heterocycles. The van der Waals surface area contributed by atoms with Crippen molar-refractivity contribution in [3.05, 3.63) is 28.5 Å². The van der Waals surface area contributed by atoms with E-state index in [1.807, 2.05) is 6.07 Å². The highest BCUT2D eigenvalue weighted by Crippen LogP contribution is 2.17. The average molecular weight is 233 g/mol. The minimum absolute atomic E-state index is 0.250. The molecule has 0 aliphatic rings. The van der Waals surface area contributed by atoms with E-state index >= 15 is 0 Å². The van der Waals surface area contributed by atoms with E-state index in [9.17, 15) is 4.39 Å². The monoisotopic (exact) mass is 232 g/mol. The third-order valence-corrected chi connectivity index (χ3v) is 2.01. The first-order chi connectivity index (χ1) is 5.74. The van der Waals surface area contributed by atoms with Crippen LogP contribution in [0, 0.1) is 0 Å². The zero-order valence-corrected chi connectivity index (χ0v) is 8.09. The van der Waals surface area contributed by atoms with E-state index in [4.69, 9.17) is 5.73 Å². The van der Waals surface area contributed by atoms with Crippen LogP contribution in [0.4, 0.5) is 4.39 Å². The summed E-state index contributed by atoms with van der Waals surface area (Å²) in [5.41, 5.74) is 6.54. The van der Waals surface area contributed by atoms with Crippen LogP contribution in [0.5, 0.6) is 0 Å². The van der Waals surface area contributed by atoms with Gasteiger partial charge in [0.15, 0.2) is 0 Å². The fourth-order valence-electron chi connectivity index (χ4n) is 0.915. The van der Waals surface area contributed by atoms with Crippen molar-refractivity contribution < 1.29 is 4.39 Å². The molecule has 0 fully saturated rings. The molecule has 0 amide bonds. The Hall–Kier alpha value is -0.480. The minimum atomic E-state index is -0.395. The van der Waals surface area contributed by atoms with E-state index < -0.39 is 6.67 Å². The van der Waals surface area contributed by atoms with Crippen LogP contribution in [-0.2, 0) is 0 Å². The first kappa shape index (κ1) is 9.61. The first-order valence-electron chi connectivity index (χ1n) is 3.66. The van der Waals surface area contributed by atoms with E-state index in [2.05, 4.69) is 20.9 Å². The van der Waals surface area contributed by atoms with Gasteiger partial charge in [0.2, 0.25) is 0 Å². The molecule has 1 rings (SSSR count). The van der Waals surface area contributed by atoms with Gasteiger partial charge in [0.25, 0.3) is 0 Å². The number of hydrogen-bond donors (Lipinski definition) is 1. The van der Waals surface area contributed by atoms with Crippen LogP contribution in [-0.4, -0.2) is 11.7 Å². The lowest BCUT2D eigenvalue weighted by Gasteiger charge is -2.08. The summed E-state index contributed by atoms with van der Waals surface area (Å²) in [7, 11) is 0. The lowest BCUT2D eigenvalue weighted by Crippen LogP contribution is -2.11. The van der Waals surface area contributed by atoms with Crippen molar-refractivity contribution in [1.82, 2.24) is 4.98 Å². The molecule has 0 spiro atoms. The molecule has 1 heterocycles. The maximum Gasteiger partial charge on any atom is 0.0912 e. The molecule has 1 atom stereocenters. The van der Waals surface area contributed by atoms with Crippen LogP contribution in [0.1, 0.15) is 18.0 Å². The van der Waals surface area contributed by atoms with Gasteiger partial charge in [-0.1, -0.05) is 0 Å². The molecule has 66 valence electrons. The third kappa shape index (κ3) is 2.53. The van der Waals surface area contributed by atoms with Gasteiger partial charge in [0, 0.05) is 22.9 Å².